The van der Waals surface area contributed by atoms with E-state index in [-0.39, 0.29) is 0 Å². The lowest BCUT2D eigenvalue weighted by atomic mass is 9.87. The van der Waals surface area contributed by atoms with E-state index in [2.05, 4.69) is 29.6 Å². The fourth-order valence-corrected chi connectivity index (χ4v) is 4.34. The molecule has 1 aliphatic carbocycles. The van der Waals surface area contributed by atoms with Crippen LogP contribution in [0.4, 0.5) is 0 Å². The van der Waals surface area contributed by atoms with Crippen LogP contribution in [0.2, 0.25) is 0 Å². The van der Waals surface area contributed by atoms with Gasteiger partial charge in [0.05, 0.1) is 13.4 Å². The van der Waals surface area contributed by atoms with Crippen LogP contribution in [0.1, 0.15) is 29.3 Å². The summed E-state index contributed by atoms with van der Waals surface area (Å²) in [4.78, 5) is 1.24. The van der Waals surface area contributed by atoms with Gasteiger partial charge in [0.2, 0.25) is 0 Å². The number of methoxy groups -OCH3 is 1. The smallest absolute Gasteiger partial charge is 0.119 e. The summed E-state index contributed by atoms with van der Waals surface area (Å²) in [5.74, 6) is 1.94. The van der Waals surface area contributed by atoms with Crippen molar-refractivity contribution in [2.75, 3.05) is 14.2 Å². The third kappa shape index (κ3) is 2.83. The van der Waals surface area contributed by atoms with Gasteiger partial charge in [-0.05, 0) is 56.1 Å². The Morgan fingerprint density at radius 3 is 2.86 bits per heavy atom. The Morgan fingerprint density at radius 2 is 2.19 bits per heavy atom. The summed E-state index contributed by atoms with van der Waals surface area (Å²) < 4.78 is 10.8. The molecule has 2 atom stereocenters. The molecule has 0 saturated carbocycles. The molecule has 0 bridgehead atoms. The van der Waals surface area contributed by atoms with Crippen LogP contribution < -0.4 is 10.1 Å². The van der Waals surface area contributed by atoms with E-state index in [0.717, 1.165) is 17.9 Å². The van der Waals surface area contributed by atoms with Gasteiger partial charge in [-0.3, -0.25) is 0 Å². The van der Waals surface area contributed by atoms with Crippen molar-refractivity contribution in [3.8, 4) is 5.75 Å². The second kappa shape index (κ2) is 6.16. The second-order valence-corrected chi connectivity index (χ2v) is 6.65. The molecule has 112 valence electrons. The minimum atomic E-state index is 0.336. The number of fused-ring (bicyclic) bond motifs is 1. The van der Waals surface area contributed by atoms with Gasteiger partial charge in [-0.2, -0.15) is 0 Å². The summed E-state index contributed by atoms with van der Waals surface area (Å²) in [5, 5.41) is 3.99. The number of hydrogen-bond acceptors (Lipinski definition) is 4. The fourth-order valence-electron chi connectivity index (χ4n) is 3.01. The number of rotatable bonds is 4. The summed E-state index contributed by atoms with van der Waals surface area (Å²) in [7, 11) is 3.76. The highest BCUT2D eigenvalue weighted by Crippen LogP contribution is 2.42. The minimum Gasteiger partial charge on any atom is -0.497 e. The zero-order valence-corrected chi connectivity index (χ0v) is 13.5. The fraction of sp³-hybridized carbons (Fsp3) is 0.412. The number of ether oxygens (including phenoxy) is 1. The lowest BCUT2D eigenvalue weighted by Crippen LogP contribution is -2.32. The van der Waals surface area contributed by atoms with Gasteiger partial charge in [0, 0.05) is 16.2 Å². The van der Waals surface area contributed by atoms with Gasteiger partial charge in [-0.1, -0.05) is 6.07 Å². The van der Waals surface area contributed by atoms with E-state index in [0.29, 0.717) is 11.3 Å². The highest BCUT2D eigenvalue weighted by molar-refractivity contribution is 8.00. The summed E-state index contributed by atoms with van der Waals surface area (Å²) in [5.41, 5.74) is 2.79. The summed E-state index contributed by atoms with van der Waals surface area (Å²) in [6.45, 7) is 2.02. The average Bonchev–Trinajstić information content (AvgIpc) is 2.91. The molecule has 0 fully saturated rings. The Morgan fingerprint density at radius 1 is 1.33 bits per heavy atom. The lowest BCUT2D eigenvalue weighted by Gasteiger charge is -2.33. The van der Waals surface area contributed by atoms with Crippen LogP contribution in [0.3, 0.4) is 0 Å². The Kier molecular flexibility index (Phi) is 4.27. The van der Waals surface area contributed by atoms with E-state index < -0.39 is 0 Å². The molecule has 2 unspecified atom stereocenters. The summed E-state index contributed by atoms with van der Waals surface area (Å²) >= 11 is 1.91. The number of hydrogen-bond donors (Lipinski definition) is 1. The number of aryl methyl sites for hydroxylation is 2. The molecular formula is C17H21NO2S. The Bertz CT molecular complexity index is 623. The topological polar surface area (TPSA) is 34.4 Å². The highest BCUT2D eigenvalue weighted by atomic mass is 32.2. The molecule has 3 nitrogen and oxygen atoms in total. The van der Waals surface area contributed by atoms with Crippen molar-refractivity contribution < 1.29 is 9.15 Å². The molecule has 21 heavy (non-hydrogen) atoms. The summed E-state index contributed by atoms with van der Waals surface area (Å²) in [6, 6.07) is 8.82. The first-order chi connectivity index (χ1) is 10.2. The van der Waals surface area contributed by atoms with Crippen LogP contribution in [0.5, 0.6) is 5.75 Å². The van der Waals surface area contributed by atoms with E-state index in [4.69, 9.17) is 9.15 Å². The largest absolute Gasteiger partial charge is 0.497 e. The van der Waals surface area contributed by atoms with Crippen molar-refractivity contribution in [3.63, 3.8) is 0 Å². The monoisotopic (exact) mass is 303 g/mol. The molecule has 1 aromatic carbocycles. The van der Waals surface area contributed by atoms with Crippen LogP contribution in [0.25, 0.3) is 0 Å². The van der Waals surface area contributed by atoms with Gasteiger partial charge < -0.3 is 14.5 Å². The molecule has 0 radical (unpaired) electrons. The Hall–Kier alpha value is -1.39. The molecule has 1 heterocycles. The lowest BCUT2D eigenvalue weighted by molar-refractivity contribution is 0.411. The van der Waals surface area contributed by atoms with Crippen LogP contribution >= 0.6 is 11.8 Å². The maximum absolute atomic E-state index is 5.42. The maximum atomic E-state index is 5.42. The molecule has 0 saturated heterocycles. The van der Waals surface area contributed by atoms with Gasteiger partial charge in [0.1, 0.15) is 11.5 Å². The zero-order valence-electron chi connectivity index (χ0n) is 12.7. The van der Waals surface area contributed by atoms with Gasteiger partial charge in [0.15, 0.2) is 0 Å². The van der Waals surface area contributed by atoms with Gasteiger partial charge >= 0.3 is 0 Å². The van der Waals surface area contributed by atoms with E-state index in [1.807, 2.05) is 25.7 Å². The van der Waals surface area contributed by atoms with E-state index >= 15 is 0 Å². The molecule has 0 amide bonds. The van der Waals surface area contributed by atoms with Crippen LogP contribution in [-0.4, -0.2) is 19.4 Å². The van der Waals surface area contributed by atoms with E-state index in [1.54, 1.807) is 13.4 Å². The Balaban J connectivity index is 1.88. The standard InChI is InChI=1S/C17H21NO2S/c1-11-15(8-9-20-11)21-16-7-5-12-4-6-13(19-3)10-14(12)17(16)18-2/h4,6,8-10,16-18H,5,7H2,1-3H3. The van der Waals surface area contributed by atoms with Crippen LogP contribution in [0, 0.1) is 6.92 Å². The summed E-state index contributed by atoms with van der Waals surface area (Å²) in [6.07, 6.45) is 4.05. The van der Waals surface area contributed by atoms with E-state index in [1.165, 1.54) is 22.4 Å². The average molecular weight is 303 g/mol. The highest BCUT2D eigenvalue weighted by Gasteiger charge is 2.30. The van der Waals surface area contributed by atoms with Gasteiger partial charge in [-0.15, -0.1) is 11.8 Å². The van der Waals surface area contributed by atoms with Crippen molar-refractivity contribution in [2.24, 2.45) is 0 Å². The second-order valence-electron chi connectivity index (χ2n) is 5.37. The first-order valence-electron chi connectivity index (χ1n) is 7.27. The molecular weight excluding hydrogens is 282 g/mol. The van der Waals surface area contributed by atoms with Crippen molar-refractivity contribution in [2.45, 2.75) is 36.0 Å². The molecule has 1 aromatic heterocycles. The molecule has 3 rings (SSSR count). The molecule has 1 N–H and O–H groups in total. The number of nitrogens with one attached hydrogen (secondary N) is 1. The third-order valence-corrected chi connectivity index (χ3v) is 5.65. The minimum absolute atomic E-state index is 0.336. The molecule has 4 heteroatoms. The van der Waals surface area contributed by atoms with Crippen LogP contribution in [-0.2, 0) is 6.42 Å². The molecule has 0 aliphatic heterocycles. The van der Waals surface area contributed by atoms with Crippen LogP contribution in [0.15, 0.2) is 39.8 Å². The van der Waals surface area contributed by atoms with Crippen molar-refractivity contribution >= 4 is 11.8 Å². The predicted octanol–water partition coefficient (Wildman–Crippen LogP) is 3.96. The maximum Gasteiger partial charge on any atom is 0.119 e. The number of thioether (sulfide) groups is 1. The predicted molar refractivity (Wildman–Crippen MR) is 86.2 cm³/mol. The zero-order chi connectivity index (χ0) is 14.8. The van der Waals surface area contributed by atoms with Crippen molar-refractivity contribution in [3.05, 3.63) is 47.4 Å². The first-order valence-corrected chi connectivity index (χ1v) is 8.15. The number of furan rings is 1. The van der Waals surface area contributed by atoms with Gasteiger partial charge in [0.25, 0.3) is 0 Å². The molecule has 2 aromatic rings. The first kappa shape index (κ1) is 14.5. The van der Waals surface area contributed by atoms with Crippen molar-refractivity contribution in [1.29, 1.82) is 0 Å². The molecule has 1 aliphatic rings. The van der Waals surface area contributed by atoms with E-state index in [9.17, 15) is 0 Å². The SMILES string of the molecule is CNC1c2cc(OC)ccc2CCC1Sc1ccoc1C. The van der Waals surface area contributed by atoms with Crippen molar-refractivity contribution in [1.82, 2.24) is 5.32 Å². The van der Waals surface area contributed by atoms with Gasteiger partial charge in [-0.25, -0.2) is 0 Å². The Labute approximate surface area is 130 Å². The third-order valence-electron chi connectivity index (χ3n) is 4.16. The quantitative estimate of drug-likeness (QED) is 0.927. The number of benzene rings is 1. The normalized spacial score (nSPS) is 21.1. The molecule has 0 spiro atoms.